The van der Waals surface area contributed by atoms with Crippen molar-refractivity contribution in [3.63, 3.8) is 0 Å². The van der Waals surface area contributed by atoms with E-state index in [1.54, 1.807) is 0 Å². The summed E-state index contributed by atoms with van der Waals surface area (Å²) in [6, 6.07) is 0.617. The van der Waals surface area contributed by atoms with Gasteiger partial charge in [0.2, 0.25) is 0 Å². The molecule has 1 fully saturated rings. The average Bonchev–Trinajstić information content (AvgIpc) is 2.29. The zero-order valence-electron chi connectivity index (χ0n) is 10.1. The summed E-state index contributed by atoms with van der Waals surface area (Å²) in [6.07, 6.45) is 7.28. The number of nitrogens with one attached hydrogen (secondary N) is 1. The predicted octanol–water partition coefficient (Wildman–Crippen LogP) is 2.76. The minimum atomic E-state index is 0.131. The van der Waals surface area contributed by atoms with E-state index < -0.39 is 0 Å². The lowest BCUT2D eigenvalue weighted by Crippen LogP contribution is -2.46. The van der Waals surface area contributed by atoms with E-state index in [1.165, 1.54) is 32.1 Å². The van der Waals surface area contributed by atoms with Gasteiger partial charge < -0.3 is 10.2 Å². The second kappa shape index (κ2) is 6.70. The summed E-state index contributed by atoms with van der Waals surface area (Å²) in [5.74, 6) is 0. The molecule has 1 rings (SSSR count). The van der Waals surface area contributed by atoms with Gasteiger partial charge in [0.15, 0.2) is 0 Å². The molecule has 0 aromatic carbocycles. The third-order valence-corrected chi connectivity index (χ3v) is 3.14. The first-order chi connectivity index (χ1) is 7.29. The molecule has 2 amide bonds. The molecular formula is C12H24N2O. The van der Waals surface area contributed by atoms with Crippen LogP contribution in [0.15, 0.2) is 0 Å². The predicted molar refractivity (Wildman–Crippen MR) is 62.9 cm³/mol. The first-order valence-corrected chi connectivity index (χ1v) is 6.34. The van der Waals surface area contributed by atoms with Crippen LogP contribution in [-0.4, -0.2) is 30.1 Å². The summed E-state index contributed by atoms with van der Waals surface area (Å²) in [6.45, 7) is 5.78. The number of nitrogens with zero attached hydrogens (tertiary/aromatic N) is 1. The Labute approximate surface area is 93.2 Å². The molecule has 0 bridgehead atoms. The van der Waals surface area contributed by atoms with Crippen molar-refractivity contribution in [2.24, 2.45) is 0 Å². The van der Waals surface area contributed by atoms with Crippen molar-refractivity contribution in [1.82, 2.24) is 10.2 Å². The molecule has 1 aliphatic carbocycles. The van der Waals surface area contributed by atoms with Gasteiger partial charge in [-0.25, -0.2) is 4.79 Å². The maximum atomic E-state index is 11.8. The van der Waals surface area contributed by atoms with E-state index in [4.69, 9.17) is 0 Å². The molecule has 1 aliphatic rings. The lowest BCUT2D eigenvalue weighted by atomic mass is 9.94. The Morgan fingerprint density at radius 3 is 2.47 bits per heavy atom. The molecular weight excluding hydrogens is 188 g/mol. The molecule has 0 saturated heterocycles. The molecule has 0 atom stereocenters. The molecule has 15 heavy (non-hydrogen) atoms. The standard InChI is InChI=1S/C12H24N2O/c1-3-10-13-12(15)14(4-2)11-8-6-5-7-9-11/h11H,3-10H2,1-2H3,(H,13,15). The van der Waals surface area contributed by atoms with Crippen molar-refractivity contribution < 1.29 is 4.79 Å². The van der Waals surface area contributed by atoms with Crippen LogP contribution >= 0.6 is 0 Å². The van der Waals surface area contributed by atoms with E-state index in [0.29, 0.717) is 6.04 Å². The molecule has 0 heterocycles. The second-order valence-corrected chi connectivity index (χ2v) is 4.31. The Balaban J connectivity index is 2.41. The first-order valence-electron chi connectivity index (χ1n) is 6.34. The molecule has 88 valence electrons. The fraction of sp³-hybridized carbons (Fsp3) is 0.917. The summed E-state index contributed by atoms with van der Waals surface area (Å²) in [5, 5.41) is 2.97. The molecule has 0 unspecified atom stereocenters. The Kier molecular flexibility index (Phi) is 5.51. The van der Waals surface area contributed by atoms with Gasteiger partial charge in [-0.3, -0.25) is 0 Å². The Morgan fingerprint density at radius 1 is 1.27 bits per heavy atom. The van der Waals surface area contributed by atoms with E-state index in [-0.39, 0.29) is 6.03 Å². The summed E-state index contributed by atoms with van der Waals surface area (Å²) in [5.41, 5.74) is 0. The zero-order chi connectivity index (χ0) is 11.1. The van der Waals surface area contributed by atoms with Crippen molar-refractivity contribution in [3.05, 3.63) is 0 Å². The van der Waals surface area contributed by atoms with Gasteiger partial charge in [0.25, 0.3) is 0 Å². The molecule has 0 aliphatic heterocycles. The van der Waals surface area contributed by atoms with Crippen LogP contribution in [-0.2, 0) is 0 Å². The topological polar surface area (TPSA) is 32.3 Å². The second-order valence-electron chi connectivity index (χ2n) is 4.31. The lowest BCUT2D eigenvalue weighted by Gasteiger charge is -2.33. The van der Waals surface area contributed by atoms with Crippen LogP contribution in [0.2, 0.25) is 0 Å². The highest BCUT2D eigenvalue weighted by Crippen LogP contribution is 2.22. The minimum Gasteiger partial charge on any atom is -0.338 e. The maximum absolute atomic E-state index is 11.8. The van der Waals surface area contributed by atoms with E-state index in [9.17, 15) is 4.79 Å². The fourth-order valence-corrected chi connectivity index (χ4v) is 2.29. The molecule has 0 radical (unpaired) electrons. The highest BCUT2D eigenvalue weighted by atomic mass is 16.2. The van der Waals surface area contributed by atoms with Gasteiger partial charge in [0.1, 0.15) is 0 Å². The highest BCUT2D eigenvalue weighted by Gasteiger charge is 2.23. The van der Waals surface area contributed by atoms with Gasteiger partial charge in [-0.2, -0.15) is 0 Å². The van der Waals surface area contributed by atoms with Gasteiger partial charge in [0.05, 0.1) is 0 Å². The van der Waals surface area contributed by atoms with E-state index in [2.05, 4.69) is 19.2 Å². The largest absolute Gasteiger partial charge is 0.338 e. The van der Waals surface area contributed by atoms with Crippen LogP contribution in [0.5, 0.6) is 0 Å². The number of hydrogen-bond acceptors (Lipinski definition) is 1. The molecule has 3 nitrogen and oxygen atoms in total. The third-order valence-electron chi connectivity index (χ3n) is 3.14. The molecule has 0 aromatic rings. The van der Waals surface area contributed by atoms with E-state index in [0.717, 1.165) is 19.5 Å². The highest BCUT2D eigenvalue weighted by molar-refractivity contribution is 5.74. The number of carbonyl (C=O) groups excluding carboxylic acids is 1. The van der Waals surface area contributed by atoms with Crippen molar-refractivity contribution in [2.75, 3.05) is 13.1 Å². The van der Waals surface area contributed by atoms with Crippen molar-refractivity contribution in [1.29, 1.82) is 0 Å². The quantitative estimate of drug-likeness (QED) is 0.763. The van der Waals surface area contributed by atoms with Gasteiger partial charge in [-0.1, -0.05) is 26.2 Å². The van der Waals surface area contributed by atoms with Crippen LogP contribution in [0.4, 0.5) is 4.79 Å². The number of urea groups is 1. The molecule has 3 heteroatoms. The normalized spacial score (nSPS) is 17.5. The monoisotopic (exact) mass is 212 g/mol. The van der Waals surface area contributed by atoms with Crippen molar-refractivity contribution in [2.45, 2.75) is 58.4 Å². The Bertz CT molecular complexity index is 188. The molecule has 1 saturated carbocycles. The average molecular weight is 212 g/mol. The first kappa shape index (κ1) is 12.3. The SMILES string of the molecule is CCCNC(=O)N(CC)C1CCCCC1. The lowest BCUT2D eigenvalue weighted by molar-refractivity contribution is 0.160. The third kappa shape index (κ3) is 3.73. The summed E-state index contributed by atoms with van der Waals surface area (Å²) >= 11 is 0. The van der Waals surface area contributed by atoms with Crippen LogP contribution in [0.25, 0.3) is 0 Å². The van der Waals surface area contributed by atoms with Crippen molar-refractivity contribution >= 4 is 6.03 Å². The molecule has 1 N–H and O–H groups in total. The van der Waals surface area contributed by atoms with Gasteiger partial charge in [-0.15, -0.1) is 0 Å². The number of carbonyl (C=O) groups is 1. The maximum Gasteiger partial charge on any atom is 0.317 e. The van der Waals surface area contributed by atoms with Gasteiger partial charge in [-0.05, 0) is 26.2 Å². The minimum absolute atomic E-state index is 0.131. The van der Waals surface area contributed by atoms with Gasteiger partial charge in [0, 0.05) is 19.1 Å². The summed E-state index contributed by atoms with van der Waals surface area (Å²) in [4.78, 5) is 13.9. The zero-order valence-corrected chi connectivity index (χ0v) is 10.1. The van der Waals surface area contributed by atoms with Gasteiger partial charge >= 0.3 is 6.03 Å². The van der Waals surface area contributed by atoms with Crippen LogP contribution in [0.3, 0.4) is 0 Å². The van der Waals surface area contributed by atoms with Crippen LogP contribution in [0, 0.1) is 0 Å². The van der Waals surface area contributed by atoms with Crippen LogP contribution < -0.4 is 5.32 Å². The summed E-state index contributed by atoms with van der Waals surface area (Å²) < 4.78 is 0. The number of amides is 2. The molecule has 0 spiro atoms. The molecule has 0 aromatic heterocycles. The number of hydrogen-bond donors (Lipinski definition) is 1. The fourth-order valence-electron chi connectivity index (χ4n) is 2.29. The Morgan fingerprint density at radius 2 is 1.93 bits per heavy atom. The van der Waals surface area contributed by atoms with Crippen LogP contribution in [0.1, 0.15) is 52.4 Å². The van der Waals surface area contributed by atoms with E-state index in [1.807, 2.05) is 4.90 Å². The van der Waals surface area contributed by atoms with Crippen molar-refractivity contribution in [3.8, 4) is 0 Å². The number of rotatable bonds is 4. The Hall–Kier alpha value is -0.730. The summed E-state index contributed by atoms with van der Waals surface area (Å²) in [7, 11) is 0. The smallest absolute Gasteiger partial charge is 0.317 e. The van der Waals surface area contributed by atoms with E-state index >= 15 is 0 Å².